The van der Waals surface area contributed by atoms with Crippen molar-refractivity contribution in [3.63, 3.8) is 0 Å². The van der Waals surface area contributed by atoms with E-state index in [0.29, 0.717) is 0 Å². The van der Waals surface area contributed by atoms with Crippen molar-refractivity contribution in [2.24, 2.45) is 0 Å². The first-order chi connectivity index (χ1) is 25.3. The Morgan fingerprint density at radius 1 is 0.373 bits per heavy atom. The van der Waals surface area contributed by atoms with Crippen molar-refractivity contribution in [2.45, 2.75) is 5.41 Å². The van der Waals surface area contributed by atoms with Crippen LogP contribution in [-0.2, 0) is 5.41 Å². The Morgan fingerprint density at radius 3 is 1.59 bits per heavy atom. The van der Waals surface area contributed by atoms with Crippen molar-refractivity contribution in [2.75, 3.05) is 4.90 Å². The third kappa shape index (κ3) is 3.91. The van der Waals surface area contributed by atoms with E-state index in [-0.39, 0.29) is 0 Å². The van der Waals surface area contributed by atoms with Gasteiger partial charge in [0.15, 0.2) is 0 Å². The molecule has 238 valence electrons. The first kappa shape index (κ1) is 28.6. The van der Waals surface area contributed by atoms with Gasteiger partial charge in [-0.05, 0) is 92.5 Å². The second-order valence-electron chi connectivity index (χ2n) is 13.6. The zero-order valence-corrected chi connectivity index (χ0v) is 28.6. The molecule has 0 radical (unpaired) electrons. The van der Waals surface area contributed by atoms with Gasteiger partial charge in [-0.2, -0.15) is 0 Å². The first-order valence-electron chi connectivity index (χ1n) is 17.6. The molecule has 1 spiro atoms. The maximum atomic E-state index is 2.47. The van der Waals surface area contributed by atoms with Crippen LogP contribution in [0.1, 0.15) is 22.3 Å². The van der Waals surface area contributed by atoms with Crippen LogP contribution in [0.4, 0.5) is 17.1 Å². The molecule has 2 heteroatoms. The van der Waals surface area contributed by atoms with Crippen LogP contribution in [0.2, 0.25) is 0 Å². The standard InChI is InChI=1S/C49H31NS/c1-2-14-33(15-3-1)50(34-30-28-32(29-31-34)35-20-13-27-46-47(35)40-19-7-11-26-45(40)51-46)44-25-12-21-39-38-18-6-10-24-43(38)49(48(39)44)41-22-8-4-16-36(41)37-17-5-9-23-42(37)49/h1-31H. The lowest BCUT2D eigenvalue weighted by Crippen LogP contribution is -2.28. The minimum Gasteiger partial charge on any atom is -0.310 e. The number of hydrogen-bond acceptors (Lipinski definition) is 2. The summed E-state index contributed by atoms with van der Waals surface area (Å²) in [7, 11) is 0. The fraction of sp³-hybridized carbons (Fsp3) is 0.0204. The second kappa shape index (κ2) is 10.9. The molecular weight excluding hydrogens is 635 g/mol. The molecule has 0 amide bonds. The molecule has 1 nitrogen and oxygen atoms in total. The maximum absolute atomic E-state index is 2.47. The van der Waals surface area contributed by atoms with Crippen molar-refractivity contribution < 1.29 is 0 Å². The van der Waals surface area contributed by atoms with E-state index < -0.39 is 5.41 Å². The summed E-state index contributed by atoms with van der Waals surface area (Å²) in [5.41, 5.74) is 16.1. The largest absolute Gasteiger partial charge is 0.310 e. The van der Waals surface area contributed by atoms with Gasteiger partial charge in [0.25, 0.3) is 0 Å². The van der Waals surface area contributed by atoms with Crippen LogP contribution in [0.5, 0.6) is 0 Å². The van der Waals surface area contributed by atoms with Gasteiger partial charge in [-0.15, -0.1) is 11.3 Å². The number of thiophene rings is 1. The normalized spacial score (nSPS) is 13.3. The van der Waals surface area contributed by atoms with Crippen LogP contribution in [0.25, 0.3) is 53.6 Å². The summed E-state index contributed by atoms with van der Waals surface area (Å²) in [6, 6.07) is 69.6. The summed E-state index contributed by atoms with van der Waals surface area (Å²) >= 11 is 1.87. The Morgan fingerprint density at radius 2 is 0.882 bits per heavy atom. The minimum absolute atomic E-state index is 0.446. The highest BCUT2D eigenvalue weighted by atomic mass is 32.1. The summed E-state index contributed by atoms with van der Waals surface area (Å²) in [5, 5.41) is 2.66. The molecule has 0 aliphatic heterocycles. The lowest BCUT2D eigenvalue weighted by Gasteiger charge is -2.35. The van der Waals surface area contributed by atoms with Gasteiger partial charge in [0.05, 0.1) is 11.1 Å². The molecule has 0 N–H and O–H groups in total. The van der Waals surface area contributed by atoms with Crippen LogP contribution in [-0.4, -0.2) is 0 Å². The Hall–Kier alpha value is -6.22. The highest BCUT2D eigenvalue weighted by Gasteiger charge is 2.53. The monoisotopic (exact) mass is 665 g/mol. The molecule has 0 saturated heterocycles. The van der Waals surface area contributed by atoms with Crippen molar-refractivity contribution >= 4 is 48.6 Å². The third-order valence-corrected chi connectivity index (χ3v) is 12.2. The Labute approximate surface area is 301 Å². The van der Waals surface area contributed by atoms with Gasteiger partial charge in [0, 0.05) is 37.1 Å². The highest BCUT2D eigenvalue weighted by Crippen LogP contribution is 2.65. The van der Waals surface area contributed by atoms with Gasteiger partial charge < -0.3 is 4.90 Å². The number of rotatable bonds is 4. The zero-order chi connectivity index (χ0) is 33.5. The van der Waals surface area contributed by atoms with E-state index in [1.807, 2.05) is 11.3 Å². The van der Waals surface area contributed by atoms with E-state index in [4.69, 9.17) is 0 Å². The van der Waals surface area contributed by atoms with Crippen LogP contribution < -0.4 is 4.90 Å². The lowest BCUT2D eigenvalue weighted by molar-refractivity contribution is 0.793. The number of hydrogen-bond donors (Lipinski definition) is 0. The Kier molecular flexibility index (Phi) is 6.11. The molecule has 8 aromatic carbocycles. The van der Waals surface area contributed by atoms with Gasteiger partial charge >= 0.3 is 0 Å². The molecule has 1 heterocycles. The van der Waals surface area contributed by atoms with Crippen molar-refractivity contribution in [1.82, 2.24) is 0 Å². The summed E-state index contributed by atoms with van der Waals surface area (Å²) in [4.78, 5) is 2.47. The SMILES string of the molecule is c1ccc(N(c2ccc(-c3cccc4sc5ccccc5c34)cc2)c2cccc3c2C2(c4ccccc4-c4ccccc42)c2ccccc2-3)cc1. The summed E-state index contributed by atoms with van der Waals surface area (Å²) in [6.07, 6.45) is 0. The van der Waals surface area contributed by atoms with Crippen LogP contribution in [0.3, 0.4) is 0 Å². The average Bonchev–Trinajstić information content (AvgIpc) is 3.83. The highest BCUT2D eigenvalue weighted by molar-refractivity contribution is 7.25. The van der Waals surface area contributed by atoms with Gasteiger partial charge in [-0.1, -0.05) is 146 Å². The maximum Gasteiger partial charge on any atom is 0.0746 e. The van der Waals surface area contributed by atoms with E-state index in [1.165, 1.54) is 81.5 Å². The van der Waals surface area contributed by atoms with E-state index >= 15 is 0 Å². The van der Waals surface area contributed by atoms with E-state index in [2.05, 4.69) is 193 Å². The summed E-state index contributed by atoms with van der Waals surface area (Å²) < 4.78 is 2.65. The molecule has 0 fully saturated rings. The number of fused-ring (bicyclic) bond motifs is 13. The second-order valence-corrected chi connectivity index (χ2v) is 14.7. The van der Waals surface area contributed by atoms with Gasteiger partial charge in [-0.3, -0.25) is 0 Å². The molecule has 2 aliphatic carbocycles. The van der Waals surface area contributed by atoms with Crippen LogP contribution >= 0.6 is 11.3 Å². The summed E-state index contributed by atoms with van der Waals surface area (Å²) in [6.45, 7) is 0. The first-order valence-corrected chi connectivity index (χ1v) is 18.4. The average molecular weight is 666 g/mol. The Balaban J connectivity index is 1.16. The number of benzene rings is 8. The molecule has 0 unspecified atom stereocenters. The zero-order valence-electron chi connectivity index (χ0n) is 27.8. The number of anilines is 3. The molecular formula is C49H31NS. The van der Waals surface area contributed by atoms with Crippen LogP contribution in [0.15, 0.2) is 188 Å². The lowest BCUT2D eigenvalue weighted by atomic mass is 9.70. The van der Waals surface area contributed by atoms with Crippen molar-refractivity contribution in [3.8, 4) is 33.4 Å². The predicted octanol–water partition coefficient (Wildman–Crippen LogP) is 13.5. The fourth-order valence-corrected chi connectivity index (χ4v) is 10.3. The van der Waals surface area contributed by atoms with E-state index in [1.54, 1.807) is 0 Å². The Bertz CT molecular complexity index is 2750. The van der Waals surface area contributed by atoms with Crippen molar-refractivity contribution in [3.05, 3.63) is 210 Å². The summed E-state index contributed by atoms with van der Waals surface area (Å²) in [5.74, 6) is 0. The third-order valence-electron chi connectivity index (χ3n) is 11.1. The topological polar surface area (TPSA) is 3.24 Å². The van der Waals surface area contributed by atoms with E-state index in [0.717, 1.165) is 11.4 Å². The van der Waals surface area contributed by atoms with Crippen molar-refractivity contribution in [1.29, 1.82) is 0 Å². The molecule has 1 aromatic heterocycles. The van der Waals surface area contributed by atoms with E-state index in [9.17, 15) is 0 Å². The van der Waals surface area contributed by atoms with Gasteiger partial charge in [0.2, 0.25) is 0 Å². The quantitative estimate of drug-likeness (QED) is 0.181. The molecule has 0 saturated carbocycles. The fourth-order valence-electron chi connectivity index (χ4n) is 9.13. The molecule has 0 bridgehead atoms. The molecule has 9 aromatic rings. The van der Waals surface area contributed by atoms with Crippen LogP contribution in [0, 0.1) is 0 Å². The molecule has 0 atom stereocenters. The molecule has 51 heavy (non-hydrogen) atoms. The number of nitrogens with zero attached hydrogens (tertiary/aromatic N) is 1. The predicted molar refractivity (Wildman–Crippen MR) is 216 cm³/mol. The molecule has 2 aliphatic rings. The smallest absolute Gasteiger partial charge is 0.0746 e. The molecule has 11 rings (SSSR count). The minimum atomic E-state index is -0.446. The van der Waals surface area contributed by atoms with Gasteiger partial charge in [0.1, 0.15) is 0 Å². The number of para-hydroxylation sites is 1. The van der Waals surface area contributed by atoms with Gasteiger partial charge in [-0.25, -0.2) is 0 Å².